The molecule has 0 aliphatic carbocycles. The minimum absolute atomic E-state index is 0.00551. The van der Waals surface area contributed by atoms with Crippen molar-refractivity contribution in [2.45, 2.75) is 51.2 Å². The molecule has 4 amide bonds. The second-order valence-corrected chi connectivity index (χ2v) is 14.7. The van der Waals surface area contributed by atoms with E-state index in [9.17, 15) is 24.0 Å². The first-order valence-electron chi connectivity index (χ1n) is 16.5. The number of thiophene rings is 1. The van der Waals surface area contributed by atoms with Crippen LogP contribution >= 0.6 is 23.1 Å². The lowest BCUT2D eigenvalue weighted by Gasteiger charge is -2.30. The standard InChI is InChI=1S/C38H39N5O7S2/c1-5-49-36(47)32-28-16-18-43(37(48)50-38(2,3)4)22-30(28)52-35(32)42-31(44)23-51-27-15-9-14-26(20-27)40-34(46)29(19-24-11-10-17-39-21-24)41-33(45)25-12-7-6-8-13-25/h6-15,17,19-21H,5,16,18,22-23H2,1-4H3,(H,40,46)(H,41,45)(H,42,44)/b29-19-. The predicted octanol–water partition coefficient (Wildman–Crippen LogP) is 6.75. The molecule has 0 saturated heterocycles. The van der Waals surface area contributed by atoms with Crippen LogP contribution in [0.5, 0.6) is 0 Å². The van der Waals surface area contributed by atoms with Gasteiger partial charge in [0.25, 0.3) is 11.8 Å². The molecule has 0 spiro atoms. The van der Waals surface area contributed by atoms with Crippen molar-refractivity contribution >= 4 is 69.6 Å². The number of carbonyl (C=O) groups excluding carboxylic acids is 5. The van der Waals surface area contributed by atoms with Crippen molar-refractivity contribution in [2.24, 2.45) is 0 Å². The Kier molecular flexibility index (Phi) is 12.5. The number of nitrogens with zero attached hydrogens (tertiary/aromatic N) is 2. The topological polar surface area (TPSA) is 156 Å². The average Bonchev–Trinajstić information content (AvgIpc) is 3.47. The SMILES string of the molecule is CCOC(=O)c1c(NC(=O)CSc2cccc(NC(=O)/C(=C/c3cccnc3)NC(=O)c3ccccc3)c2)sc2c1CCN(C(=O)OC(C)(C)C)C2. The fraction of sp³-hybridized carbons (Fsp3) is 0.263. The molecule has 0 fully saturated rings. The van der Waals surface area contributed by atoms with Crippen molar-refractivity contribution in [1.29, 1.82) is 0 Å². The lowest BCUT2D eigenvalue weighted by Crippen LogP contribution is -2.39. The first-order chi connectivity index (χ1) is 24.9. The minimum atomic E-state index is -0.648. The molecule has 2 aromatic heterocycles. The van der Waals surface area contributed by atoms with Crippen LogP contribution in [0.25, 0.3) is 6.08 Å². The van der Waals surface area contributed by atoms with Gasteiger partial charge in [0.2, 0.25) is 5.91 Å². The van der Waals surface area contributed by atoms with Gasteiger partial charge in [-0.1, -0.05) is 30.3 Å². The van der Waals surface area contributed by atoms with Crippen molar-refractivity contribution in [2.75, 3.05) is 29.5 Å². The smallest absolute Gasteiger partial charge is 0.410 e. The summed E-state index contributed by atoms with van der Waals surface area (Å²) in [4.78, 5) is 72.5. The van der Waals surface area contributed by atoms with Crippen molar-refractivity contribution < 1.29 is 33.4 Å². The number of carbonyl (C=O) groups is 5. The van der Waals surface area contributed by atoms with E-state index in [1.54, 1.807) is 112 Å². The maximum absolute atomic E-state index is 13.4. The average molecular weight is 742 g/mol. The number of thioether (sulfide) groups is 1. The van der Waals surface area contributed by atoms with Gasteiger partial charge >= 0.3 is 12.1 Å². The van der Waals surface area contributed by atoms with Gasteiger partial charge in [0.05, 0.1) is 24.5 Å². The Balaban J connectivity index is 1.25. The Morgan fingerprint density at radius 2 is 1.79 bits per heavy atom. The van der Waals surface area contributed by atoms with E-state index in [0.29, 0.717) is 45.2 Å². The zero-order valence-corrected chi connectivity index (χ0v) is 30.8. The van der Waals surface area contributed by atoms with E-state index in [4.69, 9.17) is 9.47 Å². The molecule has 1 aliphatic heterocycles. The number of rotatable bonds is 11. The Morgan fingerprint density at radius 3 is 2.50 bits per heavy atom. The second kappa shape index (κ2) is 17.2. The quantitative estimate of drug-likeness (QED) is 0.0860. The Morgan fingerprint density at radius 1 is 1.00 bits per heavy atom. The molecule has 52 heavy (non-hydrogen) atoms. The number of hydrogen-bond acceptors (Lipinski definition) is 10. The molecule has 0 atom stereocenters. The van der Waals surface area contributed by atoms with Gasteiger partial charge in [0.1, 0.15) is 16.3 Å². The molecule has 2 aromatic carbocycles. The number of amides is 4. The monoisotopic (exact) mass is 741 g/mol. The van der Waals surface area contributed by atoms with Crippen LogP contribution in [0, 0.1) is 0 Å². The normalized spacial score (nSPS) is 12.7. The molecule has 4 aromatic rings. The maximum atomic E-state index is 13.4. The molecule has 3 N–H and O–H groups in total. The lowest BCUT2D eigenvalue weighted by atomic mass is 10.0. The summed E-state index contributed by atoms with van der Waals surface area (Å²) >= 11 is 2.48. The third-order valence-electron chi connectivity index (χ3n) is 7.43. The number of ether oxygens (including phenoxy) is 2. The van der Waals surface area contributed by atoms with Crippen LogP contribution in [0.15, 0.2) is 89.7 Å². The predicted molar refractivity (Wildman–Crippen MR) is 201 cm³/mol. The summed E-state index contributed by atoms with van der Waals surface area (Å²) in [5, 5.41) is 8.77. The molecule has 0 unspecified atom stereocenters. The molecule has 3 heterocycles. The summed E-state index contributed by atoms with van der Waals surface area (Å²) < 4.78 is 10.9. The van der Waals surface area contributed by atoms with Crippen molar-refractivity contribution in [3.63, 3.8) is 0 Å². The van der Waals surface area contributed by atoms with Crippen LogP contribution in [0.1, 0.15) is 64.4 Å². The van der Waals surface area contributed by atoms with Crippen molar-refractivity contribution in [3.05, 3.63) is 112 Å². The fourth-order valence-electron chi connectivity index (χ4n) is 5.14. The number of anilines is 2. The van der Waals surface area contributed by atoms with E-state index in [1.807, 2.05) is 0 Å². The van der Waals surface area contributed by atoms with Crippen LogP contribution in [0.4, 0.5) is 15.5 Å². The highest BCUT2D eigenvalue weighted by molar-refractivity contribution is 8.00. The van der Waals surface area contributed by atoms with Crippen LogP contribution in [-0.2, 0) is 32.0 Å². The summed E-state index contributed by atoms with van der Waals surface area (Å²) in [5.74, 6) is -1.87. The molecule has 0 radical (unpaired) electrons. The summed E-state index contributed by atoms with van der Waals surface area (Å²) in [6.07, 6.45) is 4.69. The first kappa shape index (κ1) is 37.8. The summed E-state index contributed by atoms with van der Waals surface area (Å²) in [5.41, 5.74) is 1.90. The summed E-state index contributed by atoms with van der Waals surface area (Å²) in [6.45, 7) is 7.90. The van der Waals surface area contributed by atoms with E-state index in [2.05, 4.69) is 20.9 Å². The molecule has 270 valence electrons. The van der Waals surface area contributed by atoms with Gasteiger partial charge in [-0.15, -0.1) is 23.1 Å². The zero-order valence-electron chi connectivity index (χ0n) is 29.2. The van der Waals surface area contributed by atoms with Crippen molar-refractivity contribution in [3.8, 4) is 0 Å². The fourth-order valence-corrected chi connectivity index (χ4v) is 7.16. The minimum Gasteiger partial charge on any atom is -0.462 e. The van der Waals surface area contributed by atoms with Gasteiger partial charge in [-0.05, 0) is 87.7 Å². The number of hydrogen-bond donors (Lipinski definition) is 3. The molecular weight excluding hydrogens is 703 g/mol. The molecule has 14 heteroatoms. The van der Waals surface area contributed by atoms with Gasteiger partial charge in [-0.25, -0.2) is 9.59 Å². The van der Waals surface area contributed by atoms with Crippen LogP contribution < -0.4 is 16.0 Å². The summed E-state index contributed by atoms with van der Waals surface area (Å²) in [6, 6.07) is 19.0. The van der Waals surface area contributed by atoms with Crippen molar-refractivity contribution in [1.82, 2.24) is 15.2 Å². The third-order valence-corrected chi connectivity index (χ3v) is 9.55. The van der Waals surface area contributed by atoms with E-state index in [-0.39, 0.29) is 30.5 Å². The number of nitrogens with one attached hydrogen (secondary N) is 3. The Hall–Kier alpha value is -5.47. The third kappa shape index (κ3) is 10.3. The zero-order chi connectivity index (χ0) is 37.3. The number of aromatic nitrogens is 1. The largest absolute Gasteiger partial charge is 0.462 e. The highest BCUT2D eigenvalue weighted by Crippen LogP contribution is 2.38. The molecule has 0 bridgehead atoms. The molecule has 5 rings (SSSR count). The first-order valence-corrected chi connectivity index (χ1v) is 18.3. The van der Waals surface area contributed by atoms with Gasteiger partial charge in [0.15, 0.2) is 0 Å². The van der Waals surface area contributed by atoms with Gasteiger partial charge in [-0.3, -0.25) is 19.4 Å². The van der Waals surface area contributed by atoms with E-state index in [0.717, 1.165) is 10.4 Å². The summed E-state index contributed by atoms with van der Waals surface area (Å²) in [7, 11) is 0. The molecule has 12 nitrogen and oxygen atoms in total. The van der Waals surface area contributed by atoms with Gasteiger partial charge < -0.3 is 30.3 Å². The van der Waals surface area contributed by atoms with Crippen LogP contribution in [0.2, 0.25) is 0 Å². The highest BCUT2D eigenvalue weighted by Gasteiger charge is 2.32. The molecule has 1 aliphatic rings. The number of benzene rings is 2. The van der Waals surface area contributed by atoms with E-state index >= 15 is 0 Å². The van der Waals surface area contributed by atoms with E-state index in [1.165, 1.54) is 29.2 Å². The Labute approximate surface area is 310 Å². The lowest BCUT2D eigenvalue weighted by molar-refractivity contribution is -0.114. The highest BCUT2D eigenvalue weighted by atomic mass is 32.2. The molecular formula is C38H39N5O7S2. The number of esters is 1. The number of pyridine rings is 1. The van der Waals surface area contributed by atoms with Crippen LogP contribution in [-0.4, -0.2) is 64.2 Å². The van der Waals surface area contributed by atoms with Gasteiger partial charge in [-0.2, -0.15) is 0 Å². The Bertz CT molecular complexity index is 1970. The van der Waals surface area contributed by atoms with Crippen LogP contribution in [0.3, 0.4) is 0 Å². The van der Waals surface area contributed by atoms with Gasteiger partial charge in [0, 0.05) is 40.0 Å². The van der Waals surface area contributed by atoms with E-state index < -0.39 is 29.5 Å². The number of fused-ring (bicyclic) bond motifs is 1. The maximum Gasteiger partial charge on any atom is 0.410 e. The molecule has 0 saturated carbocycles. The second-order valence-electron chi connectivity index (χ2n) is 12.6.